The van der Waals surface area contributed by atoms with E-state index in [1.807, 2.05) is 6.07 Å². The third kappa shape index (κ3) is 5.08. The number of aromatic nitrogens is 2. The number of nitrogens with zero attached hydrogens (tertiary/aromatic N) is 3. The van der Waals surface area contributed by atoms with Gasteiger partial charge >= 0.3 is 0 Å². The Morgan fingerprint density at radius 2 is 1.13 bits per heavy atom. The second kappa shape index (κ2) is 12.2. The number of rotatable bonds is 6. The Labute approximate surface area is 310 Å². The zero-order valence-electron chi connectivity index (χ0n) is 29.7. The number of hydrogen-bond acceptors (Lipinski definition) is 2. The van der Waals surface area contributed by atoms with Crippen molar-refractivity contribution in [3.8, 4) is 39.2 Å². The van der Waals surface area contributed by atoms with Crippen LogP contribution in [0.4, 0.5) is 17.1 Å². The van der Waals surface area contributed by atoms with E-state index in [2.05, 4.69) is 205 Å². The lowest BCUT2D eigenvalue weighted by molar-refractivity contribution is 0.660. The van der Waals surface area contributed by atoms with Gasteiger partial charge in [0.15, 0.2) is 0 Å². The zero-order valence-corrected chi connectivity index (χ0v) is 29.7. The van der Waals surface area contributed by atoms with E-state index in [1.165, 1.54) is 38.4 Å². The van der Waals surface area contributed by atoms with Gasteiger partial charge in [0.2, 0.25) is 0 Å². The highest BCUT2D eigenvalue weighted by Crippen LogP contribution is 2.50. The van der Waals surface area contributed by atoms with Gasteiger partial charge in [0.1, 0.15) is 5.69 Å². The average molecular weight is 680 g/mol. The molecular weight excluding hydrogens is 643 g/mol. The van der Waals surface area contributed by atoms with E-state index < -0.39 is 0 Å². The molecular formula is C50H37N3. The lowest BCUT2D eigenvalue weighted by atomic mass is 9.82. The summed E-state index contributed by atoms with van der Waals surface area (Å²) in [5.74, 6) is 0. The molecule has 9 aromatic rings. The van der Waals surface area contributed by atoms with Gasteiger partial charge in [-0.2, -0.15) is 5.10 Å². The molecule has 0 amide bonds. The van der Waals surface area contributed by atoms with Gasteiger partial charge in [-0.25, -0.2) is 4.68 Å². The molecule has 8 aromatic carbocycles. The lowest BCUT2D eigenvalue weighted by Crippen LogP contribution is -2.15. The predicted molar refractivity (Wildman–Crippen MR) is 222 cm³/mol. The van der Waals surface area contributed by atoms with Gasteiger partial charge in [0.25, 0.3) is 0 Å². The van der Waals surface area contributed by atoms with Crippen LogP contribution in [0.1, 0.15) is 25.0 Å². The first kappa shape index (κ1) is 31.1. The zero-order chi connectivity index (χ0) is 35.5. The normalized spacial score (nSPS) is 12.9. The van der Waals surface area contributed by atoms with Crippen molar-refractivity contribution in [3.63, 3.8) is 0 Å². The fourth-order valence-electron chi connectivity index (χ4n) is 8.38. The van der Waals surface area contributed by atoms with E-state index in [1.54, 1.807) is 0 Å². The standard InChI is InChI=1S/C50H37N3/c1-50(2)45-23-12-11-22-43(45)44-33-41(29-30-46(44)50)52(38-17-5-3-6-18-38)39-27-24-34(25-28-39)36-15-13-16-37(32-36)49-48-42-21-10-9-14-35(42)26-31-47(48)53(51-49)40-19-7-4-8-20-40/h3-33H,1-2H3. The van der Waals surface area contributed by atoms with E-state index in [9.17, 15) is 0 Å². The minimum atomic E-state index is -0.0305. The van der Waals surface area contributed by atoms with Crippen molar-refractivity contribution in [1.82, 2.24) is 9.78 Å². The molecule has 0 unspecified atom stereocenters. The summed E-state index contributed by atoms with van der Waals surface area (Å²) in [6, 6.07) is 67.7. The third-order valence-corrected chi connectivity index (χ3v) is 11.0. The van der Waals surface area contributed by atoms with Gasteiger partial charge in [-0.1, -0.05) is 141 Å². The Morgan fingerprint density at radius 1 is 0.472 bits per heavy atom. The van der Waals surface area contributed by atoms with Crippen LogP contribution in [0.5, 0.6) is 0 Å². The molecule has 1 heterocycles. The number of hydrogen-bond donors (Lipinski definition) is 0. The smallest absolute Gasteiger partial charge is 0.101 e. The van der Waals surface area contributed by atoms with E-state index in [4.69, 9.17) is 5.10 Å². The minimum absolute atomic E-state index is 0.0305. The molecule has 0 radical (unpaired) electrons. The molecule has 0 saturated heterocycles. The summed E-state index contributed by atoms with van der Waals surface area (Å²) in [4.78, 5) is 2.36. The van der Waals surface area contributed by atoms with Crippen LogP contribution in [0.25, 0.3) is 60.9 Å². The molecule has 3 heteroatoms. The van der Waals surface area contributed by atoms with Crippen LogP contribution >= 0.6 is 0 Å². The Morgan fingerprint density at radius 3 is 1.96 bits per heavy atom. The Bertz CT molecular complexity index is 2790. The SMILES string of the molecule is CC1(C)c2ccccc2-c2cc(N(c3ccccc3)c3ccc(-c4cccc(-c5nn(-c6ccccc6)c6ccc7ccccc7c56)c4)cc3)ccc21. The summed E-state index contributed by atoms with van der Waals surface area (Å²) in [6.07, 6.45) is 0. The van der Waals surface area contributed by atoms with E-state index in [0.717, 1.165) is 50.7 Å². The lowest BCUT2D eigenvalue weighted by Gasteiger charge is -2.27. The molecule has 1 aromatic heterocycles. The molecule has 0 spiro atoms. The van der Waals surface area contributed by atoms with Crippen molar-refractivity contribution in [2.45, 2.75) is 19.3 Å². The summed E-state index contributed by atoms with van der Waals surface area (Å²) in [5.41, 5.74) is 15.3. The Kier molecular flexibility index (Phi) is 7.16. The van der Waals surface area contributed by atoms with Crippen molar-refractivity contribution >= 4 is 38.7 Å². The molecule has 0 atom stereocenters. The van der Waals surface area contributed by atoms with Gasteiger partial charge in [0, 0.05) is 33.4 Å². The molecule has 1 aliphatic carbocycles. The molecule has 252 valence electrons. The number of benzene rings is 8. The minimum Gasteiger partial charge on any atom is -0.310 e. The van der Waals surface area contributed by atoms with Gasteiger partial charge in [-0.3, -0.25) is 0 Å². The highest BCUT2D eigenvalue weighted by Gasteiger charge is 2.35. The molecule has 0 aliphatic heterocycles. The fourth-order valence-corrected chi connectivity index (χ4v) is 8.38. The van der Waals surface area contributed by atoms with Crippen LogP contribution in [0.3, 0.4) is 0 Å². The monoisotopic (exact) mass is 679 g/mol. The molecule has 10 rings (SSSR count). The second-order valence-corrected chi connectivity index (χ2v) is 14.5. The first-order chi connectivity index (χ1) is 26.0. The van der Waals surface area contributed by atoms with Crippen LogP contribution in [-0.4, -0.2) is 9.78 Å². The molecule has 0 saturated carbocycles. The van der Waals surface area contributed by atoms with E-state index in [-0.39, 0.29) is 5.41 Å². The summed E-state index contributed by atoms with van der Waals surface area (Å²) < 4.78 is 2.08. The van der Waals surface area contributed by atoms with Gasteiger partial charge in [-0.05, 0) is 105 Å². The molecule has 0 fully saturated rings. The Hall–Kier alpha value is -6.71. The van der Waals surface area contributed by atoms with Crippen molar-refractivity contribution < 1.29 is 0 Å². The van der Waals surface area contributed by atoms with Gasteiger partial charge in [-0.15, -0.1) is 0 Å². The van der Waals surface area contributed by atoms with Crippen molar-refractivity contribution in [2.75, 3.05) is 4.90 Å². The largest absolute Gasteiger partial charge is 0.310 e. The molecule has 53 heavy (non-hydrogen) atoms. The summed E-state index contributed by atoms with van der Waals surface area (Å²) in [7, 11) is 0. The van der Waals surface area contributed by atoms with Crippen LogP contribution < -0.4 is 4.90 Å². The first-order valence-electron chi connectivity index (χ1n) is 18.3. The second-order valence-electron chi connectivity index (χ2n) is 14.5. The van der Waals surface area contributed by atoms with E-state index in [0.29, 0.717) is 0 Å². The fraction of sp³-hybridized carbons (Fsp3) is 0.0600. The highest BCUT2D eigenvalue weighted by molar-refractivity contribution is 6.13. The van der Waals surface area contributed by atoms with Crippen LogP contribution in [-0.2, 0) is 5.41 Å². The number of para-hydroxylation sites is 2. The molecule has 3 nitrogen and oxygen atoms in total. The predicted octanol–water partition coefficient (Wildman–Crippen LogP) is 13.3. The average Bonchev–Trinajstić information content (AvgIpc) is 3.72. The van der Waals surface area contributed by atoms with Gasteiger partial charge < -0.3 is 4.90 Å². The first-order valence-corrected chi connectivity index (χ1v) is 18.3. The maximum Gasteiger partial charge on any atom is 0.101 e. The van der Waals surface area contributed by atoms with E-state index >= 15 is 0 Å². The third-order valence-electron chi connectivity index (χ3n) is 11.0. The topological polar surface area (TPSA) is 21.1 Å². The highest BCUT2D eigenvalue weighted by atomic mass is 15.3. The quantitative estimate of drug-likeness (QED) is 0.174. The van der Waals surface area contributed by atoms with Crippen molar-refractivity contribution in [3.05, 3.63) is 199 Å². The van der Waals surface area contributed by atoms with Crippen molar-refractivity contribution in [1.29, 1.82) is 0 Å². The summed E-state index contributed by atoms with van der Waals surface area (Å²) in [6.45, 7) is 4.67. The summed E-state index contributed by atoms with van der Waals surface area (Å²) >= 11 is 0. The number of anilines is 3. The maximum absolute atomic E-state index is 5.28. The Balaban J connectivity index is 1.06. The maximum atomic E-state index is 5.28. The van der Waals surface area contributed by atoms with Gasteiger partial charge in [0.05, 0.1) is 11.2 Å². The van der Waals surface area contributed by atoms with Crippen LogP contribution in [0.2, 0.25) is 0 Å². The van der Waals surface area contributed by atoms with Crippen LogP contribution in [0.15, 0.2) is 188 Å². The molecule has 1 aliphatic rings. The van der Waals surface area contributed by atoms with Crippen molar-refractivity contribution in [2.24, 2.45) is 0 Å². The summed E-state index contributed by atoms with van der Waals surface area (Å²) in [5, 5.41) is 8.86. The van der Waals surface area contributed by atoms with Crippen LogP contribution in [0, 0.1) is 0 Å². The molecule has 0 N–H and O–H groups in total. The molecule has 0 bridgehead atoms. The number of fused-ring (bicyclic) bond motifs is 6.